The van der Waals surface area contributed by atoms with Gasteiger partial charge in [0.05, 0.1) is 14.7 Å². The number of benzene rings is 3. The second-order valence-electron chi connectivity index (χ2n) is 7.09. The molecule has 3 aromatic carbocycles. The highest BCUT2D eigenvalue weighted by molar-refractivity contribution is 8.17. The number of hydrogen-bond acceptors (Lipinski definition) is 6. The monoisotopic (exact) mass is 479 g/mol. The SMILES string of the molecule is Cc1ccc(S(=O)(=O)N(S(=O)(=O)c2ccc(C)cc2)S(=O)(=O)c2ccc(C)cc2)cc1. The maximum atomic E-state index is 13.4. The molecule has 10 heteroatoms. The first kappa shape index (κ1) is 23.1. The summed E-state index contributed by atoms with van der Waals surface area (Å²) >= 11 is 0. The Kier molecular flexibility index (Phi) is 6.12. The number of rotatable bonds is 6. The van der Waals surface area contributed by atoms with Crippen LogP contribution in [0.5, 0.6) is 0 Å². The Hall–Kier alpha value is -2.53. The zero-order chi connectivity index (χ0) is 23.0. The van der Waals surface area contributed by atoms with Crippen LogP contribution in [-0.2, 0) is 30.1 Å². The van der Waals surface area contributed by atoms with Gasteiger partial charge in [0.15, 0.2) is 0 Å². The quantitative estimate of drug-likeness (QED) is 0.537. The van der Waals surface area contributed by atoms with Crippen molar-refractivity contribution in [2.45, 2.75) is 35.5 Å². The largest absolute Gasteiger partial charge is 0.270 e. The molecule has 164 valence electrons. The topological polar surface area (TPSA) is 106 Å². The van der Waals surface area contributed by atoms with Crippen molar-refractivity contribution in [1.82, 2.24) is 3.12 Å². The first-order chi connectivity index (χ1) is 14.4. The summed E-state index contributed by atoms with van der Waals surface area (Å²) in [4.78, 5) is -1.36. The highest BCUT2D eigenvalue weighted by Crippen LogP contribution is 2.31. The third-order valence-electron chi connectivity index (χ3n) is 4.55. The summed E-state index contributed by atoms with van der Waals surface area (Å²) in [5.74, 6) is 0. The summed E-state index contributed by atoms with van der Waals surface area (Å²) < 4.78 is 79.9. The molecule has 0 saturated heterocycles. The second kappa shape index (κ2) is 8.19. The summed E-state index contributed by atoms with van der Waals surface area (Å²) in [7, 11) is -15.0. The van der Waals surface area contributed by atoms with Crippen molar-refractivity contribution >= 4 is 30.1 Å². The molecular formula is C21H21NO6S3. The maximum absolute atomic E-state index is 13.4. The predicted molar refractivity (Wildman–Crippen MR) is 117 cm³/mol. The lowest BCUT2D eigenvalue weighted by Gasteiger charge is -2.22. The van der Waals surface area contributed by atoms with Crippen molar-refractivity contribution in [1.29, 1.82) is 0 Å². The summed E-state index contributed by atoms with van der Waals surface area (Å²) in [5, 5.41) is 0. The average molecular weight is 480 g/mol. The number of aryl methyl sites for hydroxylation is 3. The molecule has 0 aliphatic rings. The molecule has 0 atom stereocenters. The minimum Gasteiger partial charge on any atom is -0.205 e. The molecule has 0 spiro atoms. The third kappa shape index (κ3) is 4.42. The van der Waals surface area contributed by atoms with Gasteiger partial charge in [0.2, 0.25) is 0 Å². The van der Waals surface area contributed by atoms with Crippen LogP contribution in [0.15, 0.2) is 87.5 Å². The van der Waals surface area contributed by atoms with E-state index < -0.39 is 44.8 Å². The smallest absolute Gasteiger partial charge is 0.205 e. The zero-order valence-electron chi connectivity index (χ0n) is 17.0. The molecule has 3 rings (SSSR count). The van der Waals surface area contributed by atoms with E-state index in [0.29, 0.717) is 0 Å². The molecule has 0 unspecified atom stereocenters. The Morgan fingerprint density at radius 2 is 0.613 bits per heavy atom. The fourth-order valence-electron chi connectivity index (χ4n) is 2.78. The summed E-state index contributed by atoms with van der Waals surface area (Å²) in [6.07, 6.45) is 0. The van der Waals surface area contributed by atoms with Crippen LogP contribution in [0, 0.1) is 20.8 Å². The molecule has 0 aliphatic heterocycles. The molecule has 3 aromatic rings. The molecule has 0 aliphatic carbocycles. The normalized spacial score (nSPS) is 12.8. The van der Waals surface area contributed by atoms with Gasteiger partial charge in [0.25, 0.3) is 30.1 Å². The fourth-order valence-corrected chi connectivity index (χ4v) is 9.38. The second-order valence-corrected chi connectivity index (χ2v) is 13.1. The Labute approximate surface area is 183 Å². The van der Waals surface area contributed by atoms with Gasteiger partial charge in [-0.05, 0) is 57.2 Å². The molecule has 0 bridgehead atoms. The lowest BCUT2D eigenvalue weighted by atomic mass is 10.2. The molecule has 0 saturated carbocycles. The molecule has 0 fully saturated rings. The van der Waals surface area contributed by atoms with Crippen LogP contribution in [-0.4, -0.2) is 28.4 Å². The van der Waals surface area contributed by atoms with Gasteiger partial charge < -0.3 is 0 Å². The lowest BCUT2D eigenvalue weighted by molar-refractivity contribution is 0.529. The van der Waals surface area contributed by atoms with Gasteiger partial charge in [0.1, 0.15) is 0 Å². The van der Waals surface area contributed by atoms with E-state index >= 15 is 0 Å². The fraction of sp³-hybridized carbons (Fsp3) is 0.143. The maximum Gasteiger partial charge on any atom is 0.270 e. The van der Waals surface area contributed by atoms with Crippen molar-refractivity contribution in [3.63, 3.8) is 0 Å². The van der Waals surface area contributed by atoms with Gasteiger partial charge in [0, 0.05) is 3.12 Å². The molecule has 0 radical (unpaired) electrons. The molecular weight excluding hydrogens is 458 g/mol. The van der Waals surface area contributed by atoms with Crippen molar-refractivity contribution in [3.05, 3.63) is 89.5 Å². The van der Waals surface area contributed by atoms with Gasteiger partial charge in [-0.15, -0.1) is 0 Å². The average Bonchev–Trinajstić information content (AvgIpc) is 2.68. The van der Waals surface area contributed by atoms with E-state index in [9.17, 15) is 25.3 Å². The molecule has 0 N–H and O–H groups in total. The molecule has 31 heavy (non-hydrogen) atoms. The molecule has 0 heterocycles. The van der Waals surface area contributed by atoms with E-state index in [1.54, 1.807) is 20.8 Å². The Morgan fingerprint density at radius 3 is 0.806 bits per heavy atom. The van der Waals surface area contributed by atoms with Crippen LogP contribution in [0.4, 0.5) is 0 Å². The van der Waals surface area contributed by atoms with Crippen LogP contribution >= 0.6 is 0 Å². The van der Waals surface area contributed by atoms with Gasteiger partial charge in [-0.3, -0.25) is 0 Å². The van der Waals surface area contributed by atoms with Crippen molar-refractivity contribution < 1.29 is 25.3 Å². The van der Waals surface area contributed by atoms with Gasteiger partial charge >= 0.3 is 0 Å². The van der Waals surface area contributed by atoms with E-state index in [1.165, 1.54) is 72.8 Å². The number of hydrogen-bond donors (Lipinski definition) is 0. The van der Waals surface area contributed by atoms with E-state index in [0.717, 1.165) is 16.7 Å². The first-order valence-electron chi connectivity index (χ1n) is 9.12. The summed E-state index contributed by atoms with van der Waals surface area (Å²) in [5.41, 5.74) is 2.19. The van der Waals surface area contributed by atoms with Crippen molar-refractivity contribution in [3.8, 4) is 0 Å². The molecule has 0 amide bonds. The molecule has 0 aromatic heterocycles. The van der Waals surface area contributed by atoms with Crippen LogP contribution in [0.25, 0.3) is 0 Å². The number of nitrogens with zero attached hydrogens (tertiary/aromatic N) is 1. The van der Waals surface area contributed by atoms with Crippen LogP contribution in [0.1, 0.15) is 16.7 Å². The van der Waals surface area contributed by atoms with Gasteiger partial charge in [-0.2, -0.15) is 0 Å². The van der Waals surface area contributed by atoms with Crippen LogP contribution in [0.3, 0.4) is 0 Å². The van der Waals surface area contributed by atoms with E-state index in [2.05, 4.69) is 0 Å². The first-order valence-corrected chi connectivity index (χ1v) is 13.4. The summed E-state index contributed by atoms with van der Waals surface area (Å²) in [6, 6.07) is 15.8. The minimum absolute atomic E-state index is 0.382. The Balaban J connectivity index is 2.32. The van der Waals surface area contributed by atoms with E-state index in [1.807, 2.05) is 0 Å². The summed E-state index contributed by atoms with van der Waals surface area (Å²) in [6.45, 7) is 5.17. The third-order valence-corrected chi connectivity index (χ3v) is 11.9. The van der Waals surface area contributed by atoms with Gasteiger partial charge in [-0.25, -0.2) is 25.3 Å². The van der Waals surface area contributed by atoms with Crippen LogP contribution in [0.2, 0.25) is 0 Å². The lowest BCUT2D eigenvalue weighted by Crippen LogP contribution is -2.41. The highest BCUT2D eigenvalue weighted by Gasteiger charge is 2.47. The van der Waals surface area contributed by atoms with Crippen molar-refractivity contribution in [2.75, 3.05) is 0 Å². The Bertz CT molecular complexity index is 1230. The van der Waals surface area contributed by atoms with Gasteiger partial charge in [-0.1, -0.05) is 53.1 Å². The Morgan fingerprint density at radius 1 is 0.419 bits per heavy atom. The standard InChI is InChI=1S/C21H21NO6S3/c1-16-4-10-19(11-5-16)29(23,24)22(30(25,26)20-12-6-17(2)7-13-20)31(27,28)21-14-8-18(3)9-15-21/h4-15H,1-3H3. The highest BCUT2D eigenvalue weighted by atomic mass is 32.3. The minimum atomic E-state index is -4.99. The van der Waals surface area contributed by atoms with E-state index in [-0.39, 0.29) is 3.12 Å². The van der Waals surface area contributed by atoms with Crippen molar-refractivity contribution in [2.24, 2.45) is 0 Å². The van der Waals surface area contributed by atoms with Crippen LogP contribution < -0.4 is 0 Å². The van der Waals surface area contributed by atoms with E-state index in [4.69, 9.17) is 0 Å². The number of sulfonamides is 3. The molecule has 7 nitrogen and oxygen atoms in total. The predicted octanol–water partition coefficient (Wildman–Crippen LogP) is 3.38. The zero-order valence-corrected chi connectivity index (χ0v) is 19.5.